The molecule has 1 aromatic carbocycles. The number of carbonyl (C=O) groups excluding carboxylic acids is 2. The van der Waals surface area contributed by atoms with Crippen LogP contribution in [0.4, 0.5) is 5.69 Å². The number of aryl methyl sites for hydroxylation is 1. The SMILES string of the molecule is CC(=O)c1sc2nc(C)c(C(C)=O)c(-c3c[nH]c4ccccc34)c2c1N. The number of para-hydroxylation sites is 1. The van der Waals surface area contributed by atoms with Crippen molar-refractivity contribution in [1.29, 1.82) is 0 Å². The molecule has 130 valence electrons. The summed E-state index contributed by atoms with van der Waals surface area (Å²) in [6.45, 7) is 4.84. The van der Waals surface area contributed by atoms with Gasteiger partial charge >= 0.3 is 0 Å². The number of pyridine rings is 1. The van der Waals surface area contributed by atoms with Gasteiger partial charge in [-0.15, -0.1) is 11.3 Å². The van der Waals surface area contributed by atoms with Gasteiger partial charge in [-0.3, -0.25) is 9.59 Å². The van der Waals surface area contributed by atoms with Gasteiger partial charge in [0.25, 0.3) is 0 Å². The summed E-state index contributed by atoms with van der Waals surface area (Å²) in [5.74, 6) is -0.176. The first-order valence-corrected chi connectivity index (χ1v) is 9.02. The fourth-order valence-electron chi connectivity index (χ4n) is 3.51. The highest BCUT2D eigenvalue weighted by Gasteiger charge is 2.25. The Balaban J connectivity index is 2.23. The summed E-state index contributed by atoms with van der Waals surface area (Å²) in [4.78, 5) is 33.4. The lowest BCUT2D eigenvalue weighted by Crippen LogP contribution is -2.03. The van der Waals surface area contributed by atoms with Crippen LogP contribution in [0.5, 0.6) is 0 Å². The molecule has 0 unspecified atom stereocenters. The first-order chi connectivity index (χ1) is 12.4. The van der Waals surface area contributed by atoms with Crippen LogP contribution in [0.15, 0.2) is 30.5 Å². The third kappa shape index (κ3) is 2.26. The van der Waals surface area contributed by atoms with Gasteiger partial charge in [0, 0.05) is 46.1 Å². The number of nitrogens with one attached hydrogen (secondary N) is 1. The Morgan fingerprint density at radius 1 is 1.15 bits per heavy atom. The van der Waals surface area contributed by atoms with Crippen LogP contribution in [0.3, 0.4) is 0 Å². The average Bonchev–Trinajstić information content (AvgIpc) is 3.15. The predicted octanol–water partition coefficient (Wildman–Crippen LogP) is 4.74. The summed E-state index contributed by atoms with van der Waals surface area (Å²) in [5, 5.41) is 1.68. The summed E-state index contributed by atoms with van der Waals surface area (Å²) < 4.78 is 0. The number of aromatic amines is 1. The number of ketones is 2. The summed E-state index contributed by atoms with van der Waals surface area (Å²) in [6.07, 6.45) is 1.88. The van der Waals surface area contributed by atoms with Gasteiger partial charge in [0.2, 0.25) is 0 Å². The quantitative estimate of drug-likeness (QED) is 0.515. The normalized spacial score (nSPS) is 11.3. The van der Waals surface area contributed by atoms with Crippen molar-refractivity contribution in [3.8, 4) is 11.1 Å². The largest absolute Gasteiger partial charge is 0.397 e. The lowest BCUT2D eigenvalue weighted by atomic mass is 9.93. The molecule has 4 rings (SSSR count). The second kappa shape index (κ2) is 5.78. The van der Waals surface area contributed by atoms with Crippen molar-refractivity contribution in [3.63, 3.8) is 0 Å². The molecule has 0 amide bonds. The molecule has 0 saturated heterocycles. The van der Waals surface area contributed by atoms with Crippen molar-refractivity contribution in [2.75, 3.05) is 5.73 Å². The number of nitrogens with two attached hydrogens (primary N) is 1. The van der Waals surface area contributed by atoms with Crippen LogP contribution in [-0.2, 0) is 0 Å². The third-order valence-electron chi connectivity index (χ3n) is 4.59. The summed E-state index contributed by atoms with van der Waals surface area (Å²) in [6, 6.07) is 7.89. The van der Waals surface area contributed by atoms with E-state index in [0.717, 1.165) is 22.0 Å². The first-order valence-electron chi connectivity index (χ1n) is 8.21. The molecule has 0 bridgehead atoms. The number of anilines is 1. The Morgan fingerprint density at radius 2 is 1.88 bits per heavy atom. The van der Waals surface area contributed by atoms with Crippen LogP contribution in [0.25, 0.3) is 32.2 Å². The van der Waals surface area contributed by atoms with Crippen LogP contribution in [0, 0.1) is 6.92 Å². The molecule has 4 aromatic rings. The highest BCUT2D eigenvalue weighted by atomic mass is 32.1. The molecule has 26 heavy (non-hydrogen) atoms. The molecule has 3 heterocycles. The van der Waals surface area contributed by atoms with E-state index < -0.39 is 0 Å². The zero-order valence-corrected chi connectivity index (χ0v) is 15.5. The second-order valence-corrected chi connectivity index (χ2v) is 7.33. The van der Waals surface area contributed by atoms with Crippen LogP contribution in [-0.4, -0.2) is 21.5 Å². The molecule has 0 radical (unpaired) electrons. The number of Topliss-reactive ketones (excluding diaryl/α,β-unsaturated/α-hetero) is 2. The predicted molar refractivity (Wildman–Crippen MR) is 106 cm³/mol. The lowest BCUT2D eigenvalue weighted by Gasteiger charge is -2.12. The summed E-state index contributed by atoms with van der Waals surface area (Å²) in [5.41, 5.74) is 10.5. The molecular formula is C20H17N3O2S. The standard InChI is InChI=1S/C20H17N3O2S/c1-9-15(10(2)24)16(13-8-22-14-7-5-4-6-12(13)14)17-18(21)19(11(3)25)26-20(17)23-9/h4-8,22H,21H2,1-3H3. The van der Waals surface area contributed by atoms with E-state index in [0.29, 0.717) is 32.0 Å². The summed E-state index contributed by atoms with van der Waals surface area (Å²) >= 11 is 1.28. The molecule has 0 fully saturated rings. The van der Waals surface area contributed by atoms with Gasteiger partial charge in [-0.1, -0.05) is 18.2 Å². The van der Waals surface area contributed by atoms with E-state index in [1.165, 1.54) is 25.2 Å². The van der Waals surface area contributed by atoms with Crippen LogP contribution in [0.1, 0.15) is 39.6 Å². The number of hydrogen-bond acceptors (Lipinski definition) is 5. The van der Waals surface area contributed by atoms with Crippen molar-refractivity contribution < 1.29 is 9.59 Å². The zero-order valence-electron chi connectivity index (χ0n) is 14.6. The van der Waals surface area contributed by atoms with Crippen molar-refractivity contribution >= 4 is 49.7 Å². The Bertz CT molecular complexity index is 1220. The topological polar surface area (TPSA) is 88.8 Å². The van der Waals surface area contributed by atoms with E-state index in [2.05, 4.69) is 9.97 Å². The molecule has 0 saturated carbocycles. The molecule has 0 aliphatic carbocycles. The minimum absolute atomic E-state index is 0.0767. The molecule has 6 heteroatoms. The molecule has 0 aliphatic rings. The van der Waals surface area contributed by atoms with Gasteiger partial charge in [-0.2, -0.15) is 0 Å². The van der Waals surface area contributed by atoms with Gasteiger partial charge in [-0.25, -0.2) is 4.98 Å². The highest BCUT2D eigenvalue weighted by molar-refractivity contribution is 7.21. The Kier molecular flexibility index (Phi) is 3.66. The van der Waals surface area contributed by atoms with E-state index in [1.807, 2.05) is 37.4 Å². The van der Waals surface area contributed by atoms with E-state index in [1.54, 1.807) is 0 Å². The van der Waals surface area contributed by atoms with Crippen molar-refractivity contribution in [3.05, 3.63) is 46.6 Å². The maximum Gasteiger partial charge on any atom is 0.171 e. The van der Waals surface area contributed by atoms with Crippen LogP contribution < -0.4 is 5.73 Å². The highest BCUT2D eigenvalue weighted by Crippen LogP contribution is 2.44. The molecule has 0 spiro atoms. The summed E-state index contributed by atoms with van der Waals surface area (Å²) in [7, 11) is 0. The molecule has 3 N–H and O–H groups in total. The molecule has 0 aliphatic heterocycles. The number of rotatable bonds is 3. The maximum absolute atomic E-state index is 12.5. The average molecular weight is 363 g/mol. The smallest absolute Gasteiger partial charge is 0.171 e. The molecule has 5 nitrogen and oxygen atoms in total. The first kappa shape index (κ1) is 16.5. The van der Waals surface area contributed by atoms with Crippen molar-refractivity contribution in [1.82, 2.24) is 9.97 Å². The number of fused-ring (bicyclic) bond motifs is 2. The number of hydrogen-bond donors (Lipinski definition) is 2. The van der Waals surface area contributed by atoms with E-state index >= 15 is 0 Å². The fraction of sp³-hybridized carbons (Fsp3) is 0.150. The van der Waals surface area contributed by atoms with Gasteiger partial charge in [0.05, 0.1) is 16.3 Å². The second-order valence-electron chi connectivity index (χ2n) is 6.33. The van der Waals surface area contributed by atoms with Gasteiger partial charge in [-0.05, 0) is 19.9 Å². The number of thiophene rings is 1. The molecule has 3 aromatic heterocycles. The van der Waals surface area contributed by atoms with Crippen molar-refractivity contribution in [2.24, 2.45) is 0 Å². The van der Waals surface area contributed by atoms with Gasteiger partial charge in [0.1, 0.15) is 4.83 Å². The zero-order chi connectivity index (χ0) is 18.6. The minimum atomic E-state index is -0.0996. The van der Waals surface area contributed by atoms with Crippen LogP contribution >= 0.6 is 11.3 Å². The van der Waals surface area contributed by atoms with E-state index in [4.69, 9.17) is 5.73 Å². The van der Waals surface area contributed by atoms with E-state index in [-0.39, 0.29) is 11.6 Å². The third-order valence-corrected chi connectivity index (χ3v) is 5.79. The van der Waals surface area contributed by atoms with Crippen LogP contribution in [0.2, 0.25) is 0 Å². The van der Waals surface area contributed by atoms with Gasteiger partial charge in [0.15, 0.2) is 11.6 Å². The Hall–Kier alpha value is -2.99. The number of H-pyrrole nitrogens is 1. The number of benzene rings is 1. The number of nitrogen functional groups attached to an aromatic ring is 1. The molecular weight excluding hydrogens is 346 g/mol. The lowest BCUT2D eigenvalue weighted by molar-refractivity contribution is 0.101. The fourth-order valence-corrected chi connectivity index (χ4v) is 4.55. The Morgan fingerprint density at radius 3 is 2.58 bits per heavy atom. The minimum Gasteiger partial charge on any atom is -0.397 e. The molecule has 0 atom stereocenters. The van der Waals surface area contributed by atoms with Gasteiger partial charge < -0.3 is 10.7 Å². The maximum atomic E-state index is 12.5. The monoisotopic (exact) mass is 363 g/mol. The van der Waals surface area contributed by atoms with E-state index in [9.17, 15) is 9.59 Å². The number of carbonyl (C=O) groups is 2. The number of aromatic nitrogens is 2. The number of nitrogens with zero attached hydrogens (tertiary/aromatic N) is 1. The van der Waals surface area contributed by atoms with Crippen molar-refractivity contribution in [2.45, 2.75) is 20.8 Å². The Labute approximate surface area is 153 Å².